The molecule has 8 nitrogen and oxygen atoms in total. The van der Waals surface area contributed by atoms with E-state index in [1.165, 1.54) is 14.2 Å². The molecule has 0 bridgehead atoms. The van der Waals surface area contributed by atoms with Gasteiger partial charge in [0.15, 0.2) is 13.1 Å². The Balaban J connectivity index is 2.62. The highest BCUT2D eigenvalue weighted by molar-refractivity contribution is 5.95. The highest BCUT2D eigenvalue weighted by Gasteiger charge is 2.19. The molecule has 1 rings (SSSR count). The van der Waals surface area contributed by atoms with Gasteiger partial charge in [-0.2, -0.15) is 0 Å². The Bertz CT molecular complexity index is 577. The Kier molecular flexibility index (Phi) is 8.28. The SMILES string of the molecule is CCC[NH+](CC(=O)NC(=O)NC)CC(=O)Nc1ccccc1OC. The lowest BCUT2D eigenvalue weighted by Crippen LogP contribution is -3.14. The number of carbonyl (C=O) groups excluding carboxylic acids is 3. The quantitative estimate of drug-likeness (QED) is 0.508. The molecule has 1 aromatic carbocycles. The van der Waals surface area contributed by atoms with Crippen molar-refractivity contribution < 1.29 is 24.0 Å². The molecule has 0 saturated heterocycles. The maximum absolute atomic E-state index is 12.2. The number of imide groups is 1. The summed E-state index contributed by atoms with van der Waals surface area (Å²) in [5.74, 6) is -0.0844. The van der Waals surface area contributed by atoms with Gasteiger partial charge in [0.2, 0.25) is 0 Å². The fourth-order valence-corrected chi connectivity index (χ4v) is 2.22. The normalized spacial score (nSPS) is 11.3. The van der Waals surface area contributed by atoms with Gasteiger partial charge in [-0.05, 0) is 18.6 Å². The third-order valence-corrected chi connectivity index (χ3v) is 3.29. The molecule has 0 spiro atoms. The summed E-state index contributed by atoms with van der Waals surface area (Å²) in [4.78, 5) is 35.9. The number of benzene rings is 1. The molecule has 0 aliphatic carbocycles. The second-order valence-electron chi connectivity index (χ2n) is 5.23. The zero-order chi connectivity index (χ0) is 17.9. The molecule has 1 aromatic rings. The second kappa shape index (κ2) is 10.2. The van der Waals surface area contributed by atoms with Crippen LogP contribution in [0.25, 0.3) is 0 Å². The summed E-state index contributed by atoms with van der Waals surface area (Å²) in [5, 5.41) is 7.29. The maximum atomic E-state index is 12.2. The van der Waals surface area contributed by atoms with E-state index >= 15 is 0 Å². The number of quaternary nitrogens is 1. The second-order valence-corrected chi connectivity index (χ2v) is 5.23. The van der Waals surface area contributed by atoms with Gasteiger partial charge in [-0.25, -0.2) is 4.79 Å². The van der Waals surface area contributed by atoms with Crippen LogP contribution in [-0.2, 0) is 9.59 Å². The number of hydrogen-bond donors (Lipinski definition) is 4. The molecule has 0 radical (unpaired) electrons. The summed E-state index contributed by atoms with van der Waals surface area (Å²) in [6.45, 7) is 2.77. The predicted octanol–water partition coefficient (Wildman–Crippen LogP) is -0.616. The first-order valence-electron chi connectivity index (χ1n) is 7.78. The van der Waals surface area contributed by atoms with Crippen molar-refractivity contribution in [1.82, 2.24) is 10.6 Å². The number of carbonyl (C=O) groups is 3. The van der Waals surface area contributed by atoms with E-state index in [-0.39, 0.29) is 19.0 Å². The maximum Gasteiger partial charge on any atom is 0.321 e. The fraction of sp³-hybridized carbons (Fsp3) is 0.438. The van der Waals surface area contributed by atoms with E-state index in [0.717, 1.165) is 11.3 Å². The monoisotopic (exact) mass is 337 g/mol. The van der Waals surface area contributed by atoms with Crippen LogP contribution in [0.15, 0.2) is 24.3 Å². The van der Waals surface area contributed by atoms with Crippen LogP contribution in [0.3, 0.4) is 0 Å². The van der Waals surface area contributed by atoms with Gasteiger partial charge < -0.3 is 20.3 Å². The first-order valence-corrected chi connectivity index (χ1v) is 7.78. The van der Waals surface area contributed by atoms with Crippen LogP contribution in [0.4, 0.5) is 10.5 Å². The molecule has 0 aliphatic rings. The van der Waals surface area contributed by atoms with Crippen molar-refractivity contribution in [3.05, 3.63) is 24.3 Å². The van der Waals surface area contributed by atoms with Crippen LogP contribution in [0.1, 0.15) is 13.3 Å². The number of methoxy groups -OCH3 is 1. The predicted molar refractivity (Wildman–Crippen MR) is 90.1 cm³/mol. The lowest BCUT2D eigenvalue weighted by atomic mass is 10.3. The van der Waals surface area contributed by atoms with E-state index in [0.29, 0.717) is 18.0 Å². The number of nitrogens with one attached hydrogen (secondary N) is 4. The van der Waals surface area contributed by atoms with E-state index in [9.17, 15) is 14.4 Å². The van der Waals surface area contributed by atoms with Crippen LogP contribution >= 0.6 is 0 Å². The van der Waals surface area contributed by atoms with Crippen LogP contribution in [0, 0.1) is 0 Å². The van der Waals surface area contributed by atoms with Crippen molar-refractivity contribution >= 4 is 23.5 Å². The third-order valence-electron chi connectivity index (χ3n) is 3.29. The Morgan fingerprint density at radius 3 is 2.42 bits per heavy atom. The molecular formula is C16H25N4O4+. The van der Waals surface area contributed by atoms with Crippen molar-refractivity contribution in [2.24, 2.45) is 0 Å². The molecule has 8 heteroatoms. The zero-order valence-electron chi connectivity index (χ0n) is 14.3. The van der Waals surface area contributed by atoms with Gasteiger partial charge in [-0.3, -0.25) is 14.9 Å². The number of hydrogen-bond acceptors (Lipinski definition) is 4. The minimum Gasteiger partial charge on any atom is -0.495 e. The minimum absolute atomic E-state index is 0.0423. The smallest absolute Gasteiger partial charge is 0.321 e. The van der Waals surface area contributed by atoms with Gasteiger partial charge in [0, 0.05) is 7.05 Å². The van der Waals surface area contributed by atoms with Crippen LogP contribution in [-0.4, -0.2) is 51.6 Å². The van der Waals surface area contributed by atoms with E-state index < -0.39 is 11.9 Å². The first kappa shape index (κ1) is 19.4. The van der Waals surface area contributed by atoms with Crippen LogP contribution in [0.2, 0.25) is 0 Å². The molecule has 0 saturated carbocycles. The standard InChI is InChI=1S/C16H24N4O4/c1-4-9-20(11-15(22)19-16(23)17-2)10-14(21)18-12-7-5-6-8-13(12)24-3/h5-8H,4,9-11H2,1-3H3,(H,18,21)(H2,17,19,22,23)/p+1. The van der Waals surface area contributed by atoms with Gasteiger partial charge in [-0.15, -0.1) is 0 Å². The van der Waals surface area contributed by atoms with Gasteiger partial charge in [0.1, 0.15) is 5.75 Å². The zero-order valence-corrected chi connectivity index (χ0v) is 14.3. The van der Waals surface area contributed by atoms with Crippen molar-refractivity contribution in [1.29, 1.82) is 0 Å². The van der Waals surface area contributed by atoms with Crippen molar-refractivity contribution in [2.45, 2.75) is 13.3 Å². The fourth-order valence-electron chi connectivity index (χ4n) is 2.22. The summed E-state index contributed by atoms with van der Waals surface area (Å²) >= 11 is 0. The molecule has 132 valence electrons. The number of para-hydroxylation sites is 2. The lowest BCUT2D eigenvalue weighted by Gasteiger charge is -2.18. The molecule has 0 aromatic heterocycles. The van der Waals surface area contributed by atoms with Crippen LogP contribution in [0.5, 0.6) is 5.75 Å². The molecule has 4 N–H and O–H groups in total. The summed E-state index contributed by atoms with van der Waals surface area (Å²) in [6, 6.07) is 6.55. The molecule has 0 fully saturated rings. The average molecular weight is 337 g/mol. The Hall–Kier alpha value is -2.61. The summed E-state index contributed by atoms with van der Waals surface area (Å²) in [5.41, 5.74) is 0.579. The van der Waals surface area contributed by atoms with Gasteiger partial charge in [0.05, 0.1) is 19.3 Å². The average Bonchev–Trinajstić information content (AvgIpc) is 2.55. The molecular weight excluding hydrogens is 312 g/mol. The molecule has 0 aliphatic heterocycles. The molecule has 0 heterocycles. The van der Waals surface area contributed by atoms with Gasteiger partial charge in [-0.1, -0.05) is 19.1 Å². The van der Waals surface area contributed by atoms with E-state index in [2.05, 4.69) is 16.0 Å². The molecule has 24 heavy (non-hydrogen) atoms. The van der Waals surface area contributed by atoms with E-state index in [1.54, 1.807) is 18.2 Å². The summed E-state index contributed by atoms with van der Waals surface area (Å²) in [7, 11) is 2.96. The lowest BCUT2D eigenvalue weighted by molar-refractivity contribution is -0.883. The highest BCUT2D eigenvalue weighted by Crippen LogP contribution is 2.22. The van der Waals surface area contributed by atoms with E-state index in [1.807, 2.05) is 13.0 Å². The van der Waals surface area contributed by atoms with Crippen molar-refractivity contribution in [3.8, 4) is 5.75 Å². The molecule has 1 atom stereocenters. The van der Waals surface area contributed by atoms with Crippen molar-refractivity contribution in [3.63, 3.8) is 0 Å². The van der Waals surface area contributed by atoms with Crippen LogP contribution < -0.4 is 25.6 Å². The van der Waals surface area contributed by atoms with E-state index in [4.69, 9.17) is 4.74 Å². The Morgan fingerprint density at radius 2 is 1.79 bits per heavy atom. The largest absolute Gasteiger partial charge is 0.495 e. The van der Waals surface area contributed by atoms with Gasteiger partial charge in [0.25, 0.3) is 11.8 Å². The number of rotatable bonds is 8. The highest BCUT2D eigenvalue weighted by atomic mass is 16.5. The van der Waals surface area contributed by atoms with Crippen molar-refractivity contribution in [2.75, 3.05) is 39.1 Å². The minimum atomic E-state index is -0.561. The number of urea groups is 1. The first-order chi connectivity index (χ1) is 11.5. The van der Waals surface area contributed by atoms with Gasteiger partial charge >= 0.3 is 6.03 Å². The topological polar surface area (TPSA) is 101 Å². The number of amides is 4. The summed E-state index contributed by atoms with van der Waals surface area (Å²) in [6.07, 6.45) is 0.810. The number of anilines is 1. The summed E-state index contributed by atoms with van der Waals surface area (Å²) < 4.78 is 5.19. The Morgan fingerprint density at radius 1 is 1.12 bits per heavy atom. The third kappa shape index (κ3) is 6.66. The number of ether oxygens (including phenoxy) is 1. The molecule has 4 amide bonds. The Labute approximate surface area is 141 Å². The molecule has 1 unspecified atom stereocenters.